The number of hydrogen-bond donors (Lipinski definition) is 1. The molecule has 1 aromatic carbocycles. The Bertz CT molecular complexity index is 336. The van der Waals surface area contributed by atoms with Gasteiger partial charge in [0.2, 0.25) is 0 Å². The van der Waals surface area contributed by atoms with E-state index in [1.807, 2.05) is 6.26 Å². The first-order chi connectivity index (χ1) is 7.35. The van der Waals surface area contributed by atoms with Crippen molar-refractivity contribution in [2.24, 2.45) is 0 Å². The Balaban J connectivity index is 2.25. The van der Waals surface area contributed by atoms with E-state index in [9.17, 15) is 0 Å². The molecular weight excluding hydrogens is 206 g/mol. The third-order valence-corrected chi connectivity index (χ3v) is 3.43. The van der Waals surface area contributed by atoms with Crippen LogP contribution in [-0.4, -0.2) is 13.4 Å². The van der Waals surface area contributed by atoms with Gasteiger partial charge in [0.05, 0.1) is 7.11 Å². The molecule has 1 aliphatic carbocycles. The van der Waals surface area contributed by atoms with Crippen LogP contribution in [0.4, 0.5) is 5.69 Å². The van der Waals surface area contributed by atoms with Gasteiger partial charge in [0.25, 0.3) is 0 Å². The highest BCUT2D eigenvalue weighted by Gasteiger charge is 2.22. The van der Waals surface area contributed by atoms with Gasteiger partial charge in [-0.2, -0.15) is 0 Å². The summed E-state index contributed by atoms with van der Waals surface area (Å²) in [6.45, 7) is 0. The van der Waals surface area contributed by atoms with E-state index in [1.165, 1.54) is 30.5 Å². The van der Waals surface area contributed by atoms with E-state index in [4.69, 9.17) is 4.74 Å². The van der Waals surface area contributed by atoms with Crippen molar-refractivity contribution in [3.05, 3.63) is 23.8 Å². The summed E-state index contributed by atoms with van der Waals surface area (Å²) in [6.07, 6.45) is 6.00. The molecule has 0 aromatic heterocycles. The molecule has 0 aliphatic heterocycles. The average molecular weight is 223 g/mol. The van der Waals surface area contributed by atoms with Crippen molar-refractivity contribution in [1.29, 1.82) is 0 Å². The maximum Gasteiger partial charge on any atom is 0.122 e. The molecule has 0 amide bonds. The highest BCUT2D eigenvalue weighted by molar-refractivity contribution is 7.99. The molecule has 0 spiro atoms. The number of methoxy groups -OCH3 is 1. The first-order valence-electron chi connectivity index (χ1n) is 5.32. The largest absolute Gasteiger partial charge is 0.496 e. The SMILES string of the molecule is COc1ccc(NSC)cc1C1CCC1. The molecule has 1 N–H and O–H groups in total. The quantitative estimate of drug-likeness (QED) is 0.787. The van der Waals surface area contributed by atoms with E-state index < -0.39 is 0 Å². The van der Waals surface area contributed by atoms with Crippen molar-refractivity contribution >= 4 is 17.6 Å². The second-order valence-corrected chi connectivity index (χ2v) is 4.50. The maximum atomic E-state index is 5.40. The van der Waals surface area contributed by atoms with Crippen molar-refractivity contribution in [3.8, 4) is 5.75 Å². The number of hydrogen-bond acceptors (Lipinski definition) is 3. The van der Waals surface area contributed by atoms with Crippen LogP contribution in [0, 0.1) is 0 Å². The van der Waals surface area contributed by atoms with Crippen LogP contribution < -0.4 is 9.46 Å². The normalized spacial score (nSPS) is 15.9. The van der Waals surface area contributed by atoms with Crippen LogP contribution in [0.15, 0.2) is 18.2 Å². The van der Waals surface area contributed by atoms with Crippen LogP contribution in [0.5, 0.6) is 5.75 Å². The first kappa shape index (κ1) is 10.7. The summed E-state index contributed by atoms with van der Waals surface area (Å²) in [5.41, 5.74) is 2.54. The summed E-state index contributed by atoms with van der Waals surface area (Å²) in [7, 11) is 1.75. The highest BCUT2D eigenvalue weighted by Crippen LogP contribution is 2.41. The van der Waals surface area contributed by atoms with Gasteiger partial charge in [0, 0.05) is 11.9 Å². The molecule has 1 saturated carbocycles. The summed E-state index contributed by atoms with van der Waals surface area (Å²) < 4.78 is 8.66. The Morgan fingerprint density at radius 1 is 1.40 bits per heavy atom. The third-order valence-electron chi connectivity index (χ3n) is 2.99. The summed E-state index contributed by atoms with van der Waals surface area (Å²) >= 11 is 1.62. The fraction of sp³-hybridized carbons (Fsp3) is 0.500. The number of rotatable bonds is 4. The Morgan fingerprint density at radius 3 is 2.73 bits per heavy atom. The first-order valence-corrected chi connectivity index (χ1v) is 6.54. The number of nitrogens with one attached hydrogen (secondary N) is 1. The lowest BCUT2D eigenvalue weighted by atomic mass is 9.79. The van der Waals surface area contributed by atoms with Crippen molar-refractivity contribution < 1.29 is 4.74 Å². The van der Waals surface area contributed by atoms with Crippen molar-refractivity contribution in [2.75, 3.05) is 18.1 Å². The molecule has 3 heteroatoms. The molecule has 2 nitrogen and oxygen atoms in total. The van der Waals surface area contributed by atoms with Crippen molar-refractivity contribution in [1.82, 2.24) is 0 Å². The topological polar surface area (TPSA) is 21.3 Å². The zero-order valence-corrected chi connectivity index (χ0v) is 10.1. The van der Waals surface area contributed by atoms with Crippen LogP contribution in [-0.2, 0) is 0 Å². The lowest BCUT2D eigenvalue weighted by Crippen LogP contribution is -2.10. The van der Waals surface area contributed by atoms with E-state index in [0.29, 0.717) is 5.92 Å². The van der Waals surface area contributed by atoms with Gasteiger partial charge in [-0.05, 0) is 42.5 Å². The molecule has 0 unspecified atom stereocenters. The zero-order valence-electron chi connectivity index (χ0n) is 9.25. The maximum absolute atomic E-state index is 5.40. The molecule has 0 radical (unpaired) electrons. The Kier molecular flexibility index (Phi) is 3.41. The summed E-state index contributed by atoms with van der Waals surface area (Å²) in [4.78, 5) is 0. The fourth-order valence-electron chi connectivity index (χ4n) is 1.95. The second kappa shape index (κ2) is 4.79. The Labute approximate surface area is 95.5 Å². The smallest absolute Gasteiger partial charge is 0.122 e. The van der Waals surface area contributed by atoms with Gasteiger partial charge in [-0.3, -0.25) is 0 Å². The molecule has 82 valence electrons. The monoisotopic (exact) mass is 223 g/mol. The van der Waals surface area contributed by atoms with Crippen molar-refractivity contribution in [3.63, 3.8) is 0 Å². The summed E-state index contributed by atoms with van der Waals surface area (Å²) in [6, 6.07) is 6.35. The molecule has 0 atom stereocenters. The van der Waals surface area contributed by atoms with E-state index in [0.717, 1.165) is 5.75 Å². The lowest BCUT2D eigenvalue weighted by molar-refractivity contribution is 0.373. The molecule has 0 heterocycles. The summed E-state index contributed by atoms with van der Waals surface area (Å²) in [5.74, 6) is 1.75. The van der Waals surface area contributed by atoms with Gasteiger partial charge in [0.15, 0.2) is 0 Å². The minimum atomic E-state index is 0.712. The molecule has 2 rings (SSSR count). The van der Waals surface area contributed by atoms with Crippen LogP contribution in [0.2, 0.25) is 0 Å². The van der Waals surface area contributed by atoms with Gasteiger partial charge in [0.1, 0.15) is 5.75 Å². The summed E-state index contributed by atoms with van der Waals surface area (Å²) in [5, 5.41) is 0. The zero-order chi connectivity index (χ0) is 10.7. The molecular formula is C12H17NOS. The van der Waals surface area contributed by atoms with Crippen LogP contribution in [0.3, 0.4) is 0 Å². The van der Waals surface area contributed by atoms with E-state index in [-0.39, 0.29) is 0 Å². The predicted octanol–water partition coefficient (Wildman–Crippen LogP) is 3.65. The van der Waals surface area contributed by atoms with E-state index in [2.05, 4.69) is 22.9 Å². The standard InChI is InChI=1S/C12H17NOS/c1-14-12-7-6-10(13-15-2)8-11(12)9-4-3-5-9/h6-9,13H,3-5H2,1-2H3. The number of anilines is 1. The van der Waals surface area contributed by atoms with Gasteiger partial charge in [-0.25, -0.2) is 0 Å². The minimum absolute atomic E-state index is 0.712. The van der Waals surface area contributed by atoms with Crippen molar-refractivity contribution in [2.45, 2.75) is 25.2 Å². The fourth-order valence-corrected chi connectivity index (χ4v) is 2.32. The highest BCUT2D eigenvalue weighted by atomic mass is 32.2. The van der Waals surface area contributed by atoms with Crippen LogP contribution in [0.1, 0.15) is 30.7 Å². The van der Waals surface area contributed by atoms with E-state index in [1.54, 1.807) is 19.1 Å². The average Bonchev–Trinajstić information content (AvgIpc) is 2.16. The molecule has 1 fully saturated rings. The molecule has 15 heavy (non-hydrogen) atoms. The Morgan fingerprint density at radius 2 is 2.20 bits per heavy atom. The molecule has 1 aromatic rings. The Hall–Kier alpha value is -0.830. The molecule has 1 aliphatic rings. The number of benzene rings is 1. The molecule has 0 bridgehead atoms. The lowest BCUT2D eigenvalue weighted by Gasteiger charge is -2.27. The van der Waals surface area contributed by atoms with Gasteiger partial charge >= 0.3 is 0 Å². The third kappa shape index (κ3) is 2.23. The van der Waals surface area contributed by atoms with Gasteiger partial charge in [-0.1, -0.05) is 18.4 Å². The van der Waals surface area contributed by atoms with Gasteiger partial charge in [-0.15, -0.1) is 0 Å². The minimum Gasteiger partial charge on any atom is -0.496 e. The number of ether oxygens (including phenoxy) is 1. The second-order valence-electron chi connectivity index (χ2n) is 3.89. The molecule has 0 saturated heterocycles. The van der Waals surface area contributed by atoms with Crippen LogP contribution >= 0.6 is 11.9 Å². The van der Waals surface area contributed by atoms with E-state index >= 15 is 0 Å². The predicted molar refractivity (Wildman–Crippen MR) is 66.7 cm³/mol. The van der Waals surface area contributed by atoms with Crippen LogP contribution in [0.25, 0.3) is 0 Å². The van der Waals surface area contributed by atoms with Gasteiger partial charge < -0.3 is 9.46 Å².